The third-order valence-corrected chi connectivity index (χ3v) is 10.2. The lowest BCUT2D eigenvalue weighted by Crippen LogP contribution is -2.33. The van der Waals surface area contributed by atoms with E-state index in [9.17, 15) is 43.7 Å². The van der Waals surface area contributed by atoms with E-state index in [1.54, 1.807) is 0 Å². The number of carbonyl (C=O) groups excluding carboxylic acids is 1. The molecular weight excluding hydrogens is 717 g/mol. The number of rotatable bonds is 15. The summed E-state index contributed by atoms with van der Waals surface area (Å²) in [6.07, 6.45) is -5.16. The number of hydrogen-bond acceptors (Lipinski definition) is 19. The van der Waals surface area contributed by atoms with E-state index < -0.39 is 84.2 Å². The minimum Gasteiger partial charge on any atom is -0.387 e. The molecule has 1 fully saturated rings. The number of ether oxygens (including phenoxy) is 1. The molecule has 0 saturated carbocycles. The fourth-order valence-electron chi connectivity index (χ4n) is 4.06. The van der Waals surface area contributed by atoms with Crippen molar-refractivity contribution in [2.24, 2.45) is 5.11 Å². The minimum absolute atomic E-state index is 0.0193. The molecule has 0 spiro atoms. The quantitative estimate of drug-likeness (QED) is 0.0288. The van der Waals surface area contributed by atoms with Crippen molar-refractivity contribution in [2.75, 3.05) is 24.2 Å². The van der Waals surface area contributed by atoms with Gasteiger partial charge in [0.05, 0.1) is 24.3 Å². The van der Waals surface area contributed by atoms with Crippen LogP contribution in [0.4, 0.5) is 22.9 Å². The summed E-state index contributed by atoms with van der Waals surface area (Å²) in [7, 11) is -17.5. The van der Waals surface area contributed by atoms with Gasteiger partial charge < -0.3 is 45.2 Å². The summed E-state index contributed by atoms with van der Waals surface area (Å²) in [5, 5.41) is 38.3. The molecule has 2 unspecified atom stereocenters. The van der Waals surface area contributed by atoms with Gasteiger partial charge in [-0.3, -0.25) is 24.0 Å². The van der Waals surface area contributed by atoms with Crippen molar-refractivity contribution < 1.29 is 70.7 Å². The monoisotopic (exact) mass is 740 g/mol. The number of aliphatic hydroxyl groups is 2. The van der Waals surface area contributed by atoms with Crippen LogP contribution < -0.4 is 11.1 Å². The van der Waals surface area contributed by atoms with Gasteiger partial charge in [-0.2, -0.15) is 8.62 Å². The summed E-state index contributed by atoms with van der Waals surface area (Å²) in [6, 6.07) is 3.28. The number of carbonyl (C=O) groups is 1. The standard InChI is InChI=1S/C19H23N10O16P3/c20-17-14-18(24-7-23-17)28(8-25-14)19-16(32)15(31)12(42-19)6-41-48(40,45-47(38,39)44-46(35,36)37)43-13(30)3-4-22-10-2-1-9(26-27-21)5-11(10)29(33)34/h1-2,5,7-8,12,15-16,19,22,31-32H,3-4,6H2,(H,38,39)(H2,20,23,24)(H2,35,36,37)/t12-,15-,16-,19-,48?/m1/s1. The van der Waals surface area contributed by atoms with Crippen molar-refractivity contribution in [3.05, 3.63) is 51.4 Å². The van der Waals surface area contributed by atoms with E-state index in [4.69, 9.17) is 30.3 Å². The first-order valence-corrected chi connectivity index (χ1v) is 17.2. The number of azide groups is 1. The fourth-order valence-corrected chi connectivity index (χ4v) is 7.58. The molecule has 48 heavy (non-hydrogen) atoms. The number of imidazole rings is 1. The van der Waals surface area contributed by atoms with E-state index >= 15 is 0 Å². The number of nitro groups is 1. The Morgan fingerprint density at radius 3 is 2.58 bits per heavy atom. The van der Waals surface area contributed by atoms with E-state index in [-0.39, 0.29) is 28.4 Å². The number of nitrogens with two attached hydrogens (primary N) is 1. The number of nitrogens with one attached hydrogen (secondary N) is 1. The van der Waals surface area contributed by atoms with Gasteiger partial charge in [-0.15, -0.1) is 0 Å². The van der Waals surface area contributed by atoms with Gasteiger partial charge >= 0.3 is 29.4 Å². The maximum absolute atomic E-state index is 13.3. The lowest BCUT2D eigenvalue weighted by Gasteiger charge is -2.22. The number of phosphoric ester groups is 1. The minimum atomic E-state index is -6.01. The Morgan fingerprint density at radius 2 is 1.92 bits per heavy atom. The van der Waals surface area contributed by atoms with Crippen LogP contribution in [0.15, 0.2) is 36.0 Å². The van der Waals surface area contributed by atoms with Gasteiger partial charge in [-0.05, 0) is 11.6 Å². The molecule has 6 atom stereocenters. The molecule has 0 radical (unpaired) electrons. The Labute approximate surface area is 265 Å². The van der Waals surface area contributed by atoms with Crippen LogP contribution >= 0.6 is 23.5 Å². The molecule has 1 saturated heterocycles. The van der Waals surface area contributed by atoms with Gasteiger partial charge in [-0.1, -0.05) is 11.2 Å². The van der Waals surface area contributed by atoms with Crippen LogP contribution in [0.5, 0.6) is 0 Å². The predicted octanol–water partition coefficient (Wildman–Crippen LogP) is 1.27. The predicted molar refractivity (Wildman–Crippen MR) is 154 cm³/mol. The molecule has 3 heterocycles. The largest absolute Gasteiger partial charge is 0.541 e. The number of fused-ring (bicyclic) bond motifs is 1. The van der Waals surface area contributed by atoms with Crippen LogP contribution in [0.1, 0.15) is 12.6 Å². The highest BCUT2D eigenvalue weighted by Gasteiger charge is 2.49. The van der Waals surface area contributed by atoms with E-state index in [2.05, 4.69) is 43.4 Å². The van der Waals surface area contributed by atoms with Crippen LogP contribution in [0.25, 0.3) is 21.6 Å². The highest BCUT2D eigenvalue weighted by atomic mass is 31.3. The number of hydrogen-bond donors (Lipinski definition) is 7. The van der Waals surface area contributed by atoms with Crippen molar-refractivity contribution >= 4 is 63.5 Å². The van der Waals surface area contributed by atoms with Gasteiger partial charge in [0, 0.05) is 23.2 Å². The Kier molecular flexibility index (Phi) is 11.1. The third-order valence-electron chi connectivity index (χ3n) is 6.00. The molecule has 1 aromatic carbocycles. The van der Waals surface area contributed by atoms with Gasteiger partial charge in [-0.25, -0.2) is 28.6 Å². The van der Waals surface area contributed by atoms with Crippen molar-refractivity contribution in [1.82, 2.24) is 19.5 Å². The molecule has 2 aromatic heterocycles. The highest BCUT2D eigenvalue weighted by molar-refractivity contribution is 7.67. The zero-order valence-electron chi connectivity index (χ0n) is 23.5. The first kappa shape index (κ1) is 36.7. The van der Waals surface area contributed by atoms with Crippen LogP contribution in [-0.4, -0.2) is 86.8 Å². The normalized spacial score (nSPS) is 21.9. The molecule has 1 aliphatic heterocycles. The topological polar surface area (TPSA) is 389 Å². The maximum atomic E-state index is 13.3. The lowest BCUT2D eigenvalue weighted by molar-refractivity contribution is -0.383. The van der Waals surface area contributed by atoms with Crippen LogP contribution in [-0.2, 0) is 40.9 Å². The SMILES string of the molecule is [N-]=[N+]=Nc1ccc(NCCC(=O)OP(=O)(OC[C@H]2O[C@@H](n3cnc4c(N)ncnc43)[C@H](O)[C@@H]2O)OP(=O)(O)OP(=O)(O)O)c([N+](=O)[O-])c1. The summed E-state index contributed by atoms with van der Waals surface area (Å²) < 4.78 is 60.6. The van der Waals surface area contributed by atoms with Crippen LogP contribution in [0.2, 0.25) is 0 Å². The third kappa shape index (κ3) is 9.06. The summed E-state index contributed by atoms with van der Waals surface area (Å²) in [4.78, 5) is 64.9. The molecule has 8 N–H and O–H groups in total. The smallest absolute Gasteiger partial charge is 0.387 e. The number of anilines is 2. The number of aromatic nitrogens is 4. The number of nitro benzene ring substituents is 1. The van der Waals surface area contributed by atoms with Gasteiger partial charge in [0.25, 0.3) is 5.69 Å². The first-order chi connectivity index (χ1) is 22.4. The molecule has 4 rings (SSSR count). The van der Waals surface area contributed by atoms with Crippen molar-refractivity contribution in [2.45, 2.75) is 31.0 Å². The summed E-state index contributed by atoms with van der Waals surface area (Å²) in [5.41, 5.74) is 13.6. The van der Waals surface area contributed by atoms with Crippen molar-refractivity contribution in [3.63, 3.8) is 0 Å². The number of aliphatic hydroxyl groups excluding tert-OH is 2. The van der Waals surface area contributed by atoms with E-state index in [0.717, 1.165) is 29.4 Å². The molecule has 0 aliphatic carbocycles. The van der Waals surface area contributed by atoms with E-state index in [0.29, 0.717) is 0 Å². The molecule has 26 nitrogen and oxygen atoms in total. The zero-order valence-corrected chi connectivity index (χ0v) is 26.2. The Balaban J connectivity index is 1.47. The number of benzene rings is 1. The number of phosphoric acid groups is 3. The molecule has 260 valence electrons. The van der Waals surface area contributed by atoms with Gasteiger partial charge in [0.15, 0.2) is 17.7 Å². The van der Waals surface area contributed by atoms with Crippen LogP contribution in [0.3, 0.4) is 0 Å². The summed E-state index contributed by atoms with van der Waals surface area (Å²) in [6.45, 7) is -1.58. The highest BCUT2D eigenvalue weighted by Crippen LogP contribution is 2.68. The van der Waals surface area contributed by atoms with Gasteiger partial charge in [0.2, 0.25) is 0 Å². The second-order valence-electron chi connectivity index (χ2n) is 9.28. The average Bonchev–Trinajstić information content (AvgIpc) is 3.52. The average molecular weight is 740 g/mol. The summed E-state index contributed by atoms with van der Waals surface area (Å²) >= 11 is 0. The first-order valence-electron chi connectivity index (χ1n) is 12.7. The van der Waals surface area contributed by atoms with Gasteiger partial charge in [0.1, 0.15) is 35.8 Å². The Hall–Kier alpha value is -4.12. The molecular formula is C19H23N10O16P3. The van der Waals surface area contributed by atoms with E-state index in [1.807, 2.05) is 0 Å². The lowest BCUT2D eigenvalue weighted by atomic mass is 10.1. The fraction of sp³-hybridized carbons (Fsp3) is 0.368. The second-order valence-corrected chi connectivity index (χ2v) is 13.8. The second kappa shape index (κ2) is 14.6. The Morgan fingerprint density at radius 1 is 1.19 bits per heavy atom. The molecule has 29 heteroatoms. The molecule has 1 aliphatic rings. The molecule has 3 aromatic rings. The Bertz CT molecular complexity index is 1900. The van der Waals surface area contributed by atoms with Crippen molar-refractivity contribution in [3.8, 4) is 0 Å². The number of nitrogens with zero attached hydrogens (tertiary/aromatic N) is 8. The number of nitrogen functional groups attached to an aromatic ring is 1. The maximum Gasteiger partial charge on any atom is 0.541 e. The molecule has 0 bridgehead atoms. The van der Waals surface area contributed by atoms with E-state index in [1.165, 1.54) is 6.07 Å². The molecule has 0 amide bonds. The van der Waals surface area contributed by atoms with Crippen LogP contribution in [0, 0.1) is 10.1 Å². The zero-order chi connectivity index (χ0) is 35.4. The summed E-state index contributed by atoms with van der Waals surface area (Å²) in [5.74, 6) is -1.53. The van der Waals surface area contributed by atoms with Crippen molar-refractivity contribution in [1.29, 1.82) is 0 Å².